The summed E-state index contributed by atoms with van der Waals surface area (Å²) in [6.07, 6.45) is 1.60. The van der Waals surface area contributed by atoms with Crippen LogP contribution in [0.4, 0.5) is 4.79 Å². The van der Waals surface area contributed by atoms with Crippen molar-refractivity contribution in [2.24, 2.45) is 5.92 Å². The number of allylic oxidation sites excluding steroid dienone is 1. The summed E-state index contributed by atoms with van der Waals surface area (Å²) in [5.74, 6) is 0.355. The number of hydrogen-bond donors (Lipinski definition) is 2. The van der Waals surface area contributed by atoms with Crippen LogP contribution in [-0.2, 0) is 0 Å². The van der Waals surface area contributed by atoms with Crippen LogP contribution in [0, 0.1) is 5.92 Å². The van der Waals surface area contributed by atoms with Gasteiger partial charge in [-0.25, -0.2) is 4.79 Å². The summed E-state index contributed by atoms with van der Waals surface area (Å²) in [5, 5.41) is 10.5. The molecule has 3 nitrogen and oxygen atoms in total. The fraction of sp³-hybridized carbons (Fsp3) is 0.444. The van der Waals surface area contributed by atoms with E-state index >= 15 is 0 Å². The van der Waals surface area contributed by atoms with Gasteiger partial charge in [-0.2, -0.15) is 0 Å². The number of amides is 1. The minimum absolute atomic E-state index is 0.327. The van der Waals surface area contributed by atoms with E-state index in [0.29, 0.717) is 12.5 Å². The summed E-state index contributed by atoms with van der Waals surface area (Å²) in [5.41, 5.74) is 0.879. The molecule has 1 amide bonds. The highest BCUT2D eigenvalue weighted by atomic mass is 16.4. The second kappa shape index (κ2) is 5.41. The van der Waals surface area contributed by atoms with Crippen molar-refractivity contribution < 1.29 is 9.90 Å². The predicted octanol–water partition coefficient (Wildman–Crippen LogP) is 2.02. The molecule has 0 spiro atoms. The maximum Gasteiger partial charge on any atom is 0.404 e. The van der Waals surface area contributed by atoms with Gasteiger partial charge in [0, 0.05) is 6.54 Å². The lowest BCUT2D eigenvalue weighted by atomic mass is 10.0. The van der Waals surface area contributed by atoms with Crippen molar-refractivity contribution in [1.29, 1.82) is 0 Å². The highest BCUT2D eigenvalue weighted by Gasteiger charge is 2.01. The molecule has 68 valence electrons. The molecule has 0 saturated heterocycles. The third kappa shape index (κ3) is 5.53. The Hall–Kier alpha value is -1.25. The van der Waals surface area contributed by atoms with Crippen LogP contribution in [0.5, 0.6) is 0 Å². The molecule has 1 atom stereocenters. The van der Waals surface area contributed by atoms with Crippen molar-refractivity contribution >= 4 is 6.09 Å². The monoisotopic (exact) mass is 169 g/mol. The lowest BCUT2D eigenvalue weighted by Crippen LogP contribution is -2.23. The molecule has 1 unspecified atom stereocenters. The van der Waals surface area contributed by atoms with Crippen LogP contribution >= 0.6 is 0 Å². The number of rotatable bonds is 5. The Bertz CT molecular complexity index is 187. The minimum Gasteiger partial charge on any atom is -0.465 e. The quantitative estimate of drug-likeness (QED) is 0.618. The molecule has 0 aromatic heterocycles. The zero-order valence-corrected chi connectivity index (χ0v) is 7.34. The Morgan fingerprint density at radius 3 is 2.75 bits per heavy atom. The summed E-state index contributed by atoms with van der Waals surface area (Å²) in [7, 11) is 0. The van der Waals surface area contributed by atoms with E-state index in [0.717, 1.165) is 12.0 Å². The van der Waals surface area contributed by atoms with Gasteiger partial charge in [0.1, 0.15) is 0 Å². The third-order valence-electron chi connectivity index (χ3n) is 1.50. The topological polar surface area (TPSA) is 49.3 Å². The molecular formula is C9H15NO2. The van der Waals surface area contributed by atoms with Gasteiger partial charge in [-0.15, -0.1) is 6.58 Å². The van der Waals surface area contributed by atoms with Crippen LogP contribution in [0.15, 0.2) is 24.8 Å². The van der Waals surface area contributed by atoms with Crippen molar-refractivity contribution in [3.8, 4) is 0 Å². The van der Waals surface area contributed by atoms with E-state index in [-0.39, 0.29) is 0 Å². The number of nitrogens with one attached hydrogen (secondary N) is 1. The van der Waals surface area contributed by atoms with E-state index in [2.05, 4.69) is 18.5 Å². The normalized spacial score (nSPS) is 11.8. The van der Waals surface area contributed by atoms with Gasteiger partial charge in [-0.1, -0.05) is 25.2 Å². The van der Waals surface area contributed by atoms with Crippen LogP contribution in [0.25, 0.3) is 0 Å². The van der Waals surface area contributed by atoms with Crippen molar-refractivity contribution in [1.82, 2.24) is 5.32 Å². The summed E-state index contributed by atoms with van der Waals surface area (Å²) >= 11 is 0. The lowest BCUT2D eigenvalue weighted by Gasteiger charge is -2.08. The highest BCUT2D eigenvalue weighted by molar-refractivity contribution is 5.64. The predicted molar refractivity (Wildman–Crippen MR) is 49.1 cm³/mol. The molecule has 0 rings (SSSR count). The average molecular weight is 169 g/mol. The van der Waals surface area contributed by atoms with Crippen molar-refractivity contribution in [2.45, 2.75) is 13.3 Å². The second-order valence-corrected chi connectivity index (χ2v) is 2.83. The fourth-order valence-electron chi connectivity index (χ4n) is 0.811. The first-order chi connectivity index (χ1) is 5.56. The fourth-order valence-corrected chi connectivity index (χ4v) is 0.811. The average Bonchev–Trinajstić information content (AvgIpc) is 2.00. The van der Waals surface area contributed by atoms with E-state index in [1.165, 1.54) is 0 Å². The van der Waals surface area contributed by atoms with E-state index in [1.54, 1.807) is 0 Å². The summed E-state index contributed by atoms with van der Waals surface area (Å²) in [6.45, 7) is 9.71. The van der Waals surface area contributed by atoms with Gasteiger partial charge in [-0.3, -0.25) is 0 Å². The van der Waals surface area contributed by atoms with Gasteiger partial charge >= 0.3 is 6.09 Å². The minimum atomic E-state index is -1.01. The van der Waals surface area contributed by atoms with Gasteiger partial charge in [0.05, 0.1) is 0 Å². The Morgan fingerprint density at radius 2 is 2.33 bits per heavy atom. The SMILES string of the molecule is C=CC(C)CC(=C)CNC(=O)O. The summed E-state index contributed by atoms with van der Waals surface area (Å²) < 4.78 is 0. The zero-order valence-electron chi connectivity index (χ0n) is 7.34. The van der Waals surface area contributed by atoms with Crippen LogP contribution in [-0.4, -0.2) is 17.7 Å². The molecule has 3 heteroatoms. The summed E-state index contributed by atoms with van der Waals surface area (Å²) in [4.78, 5) is 10.1. The zero-order chi connectivity index (χ0) is 9.56. The highest BCUT2D eigenvalue weighted by Crippen LogP contribution is 2.08. The van der Waals surface area contributed by atoms with Gasteiger partial charge in [-0.05, 0) is 12.3 Å². The standard InChI is InChI=1S/C9H15NO2/c1-4-7(2)5-8(3)6-10-9(11)12/h4,7,10H,1,3,5-6H2,2H3,(H,11,12). The van der Waals surface area contributed by atoms with Crippen LogP contribution in [0.2, 0.25) is 0 Å². The largest absolute Gasteiger partial charge is 0.465 e. The Morgan fingerprint density at radius 1 is 1.75 bits per heavy atom. The van der Waals surface area contributed by atoms with E-state index < -0.39 is 6.09 Å². The Kier molecular flexibility index (Phi) is 4.84. The van der Waals surface area contributed by atoms with Gasteiger partial charge in [0.15, 0.2) is 0 Å². The van der Waals surface area contributed by atoms with Gasteiger partial charge in [0.25, 0.3) is 0 Å². The number of hydrogen-bond acceptors (Lipinski definition) is 1. The maximum absolute atomic E-state index is 10.1. The molecule has 0 aliphatic heterocycles. The van der Waals surface area contributed by atoms with Gasteiger partial charge in [0.2, 0.25) is 0 Å². The molecule has 0 aromatic rings. The van der Waals surface area contributed by atoms with Crippen molar-refractivity contribution in [2.75, 3.05) is 6.54 Å². The third-order valence-corrected chi connectivity index (χ3v) is 1.50. The van der Waals surface area contributed by atoms with Crippen LogP contribution < -0.4 is 5.32 Å². The first-order valence-electron chi connectivity index (χ1n) is 3.82. The molecule has 0 heterocycles. The molecule has 0 bridgehead atoms. The molecule has 0 fully saturated rings. The van der Waals surface area contributed by atoms with Crippen molar-refractivity contribution in [3.63, 3.8) is 0 Å². The summed E-state index contributed by atoms with van der Waals surface area (Å²) in [6, 6.07) is 0. The molecule has 0 aliphatic carbocycles. The maximum atomic E-state index is 10.1. The van der Waals surface area contributed by atoms with Crippen LogP contribution in [0.1, 0.15) is 13.3 Å². The van der Waals surface area contributed by atoms with Crippen molar-refractivity contribution in [3.05, 3.63) is 24.8 Å². The molecule has 2 N–H and O–H groups in total. The second-order valence-electron chi connectivity index (χ2n) is 2.83. The number of carbonyl (C=O) groups is 1. The molecule has 0 radical (unpaired) electrons. The van der Waals surface area contributed by atoms with Gasteiger partial charge < -0.3 is 10.4 Å². The Balaban J connectivity index is 3.59. The number of carboxylic acid groups (broad SMARTS) is 1. The molecule has 0 saturated carbocycles. The first-order valence-corrected chi connectivity index (χ1v) is 3.82. The molecule has 12 heavy (non-hydrogen) atoms. The smallest absolute Gasteiger partial charge is 0.404 e. The molecule has 0 aromatic carbocycles. The molecule has 0 aliphatic rings. The Labute approximate surface area is 72.8 Å². The lowest BCUT2D eigenvalue weighted by molar-refractivity contribution is 0.195. The van der Waals surface area contributed by atoms with Crippen LogP contribution in [0.3, 0.4) is 0 Å². The van der Waals surface area contributed by atoms with E-state index in [4.69, 9.17) is 5.11 Å². The van der Waals surface area contributed by atoms with E-state index in [1.807, 2.05) is 13.0 Å². The first kappa shape index (κ1) is 10.8. The molecular weight excluding hydrogens is 154 g/mol. The van der Waals surface area contributed by atoms with E-state index in [9.17, 15) is 4.79 Å².